The molecule has 0 radical (unpaired) electrons. The Morgan fingerprint density at radius 2 is 1.66 bits per heavy atom. The zero-order valence-corrected chi connectivity index (χ0v) is 28.6. The predicted molar refractivity (Wildman–Crippen MR) is 176 cm³/mol. The van der Waals surface area contributed by atoms with Crippen molar-refractivity contribution in [3.8, 4) is 23.5 Å². The van der Waals surface area contributed by atoms with E-state index in [2.05, 4.69) is 11.2 Å². The average molecular weight is 704 g/mol. The molecule has 1 fully saturated rings. The highest BCUT2D eigenvalue weighted by molar-refractivity contribution is 5.83. The number of amides is 1. The number of hydrogen-bond acceptors (Lipinski definition) is 4. The van der Waals surface area contributed by atoms with Crippen molar-refractivity contribution in [2.75, 3.05) is 20.6 Å². The molecule has 0 bridgehead atoms. The highest BCUT2D eigenvalue weighted by atomic mass is 19.4. The Bertz CT molecular complexity index is 1900. The highest BCUT2D eigenvalue weighted by Crippen LogP contribution is 2.52. The summed E-state index contributed by atoms with van der Waals surface area (Å²) >= 11 is 0. The number of rotatable bonds is 12. The van der Waals surface area contributed by atoms with Gasteiger partial charge in [0, 0.05) is 40.9 Å². The van der Waals surface area contributed by atoms with Crippen LogP contribution in [0.2, 0.25) is 0 Å². The molecule has 1 aliphatic carbocycles. The molecule has 268 valence electrons. The maximum absolute atomic E-state index is 16.6. The van der Waals surface area contributed by atoms with Gasteiger partial charge in [-0.1, -0.05) is 19.8 Å². The smallest absolute Gasteiger partial charge is 0.416 e. The molecule has 0 spiro atoms. The molecular weight excluding hydrogens is 664 g/mol. The minimum atomic E-state index is -4.86. The number of carbonyl (C=O) groups is 2. The van der Waals surface area contributed by atoms with Crippen LogP contribution in [-0.4, -0.2) is 47.1 Å². The van der Waals surface area contributed by atoms with Gasteiger partial charge in [-0.15, -0.1) is 6.42 Å². The van der Waals surface area contributed by atoms with Crippen LogP contribution in [0.1, 0.15) is 85.0 Å². The molecule has 7 nitrogen and oxygen atoms in total. The molecule has 2 N–H and O–H groups in total. The summed E-state index contributed by atoms with van der Waals surface area (Å²) < 4.78 is 90.2. The number of aliphatic carboxylic acids is 1. The van der Waals surface area contributed by atoms with E-state index < -0.39 is 76.1 Å². The standard InChI is InChI=1S/C37H39F6N3O4/c1-8-22-14-26(39)33(34(40)32(22)31-20(4)12-23(38)13-21(31)5)27(16-30(48)49)44-35(50)28(11-19(2)3)46-17-25(36(9-10-36)18-45(6)7)24(15-29(46)47)37(41,42)43/h1,12-15,17,19,27-28H,9-11,16,18H2,2-7H3,(H,44,50)(H,48,49)/t27-,28+/m0/s1. The van der Waals surface area contributed by atoms with Crippen LogP contribution < -0.4 is 10.9 Å². The van der Waals surface area contributed by atoms with E-state index in [1.807, 2.05) is 0 Å². The first-order valence-corrected chi connectivity index (χ1v) is 16.0. The number of nitrogens with zero attached hydrogens (tertiary/aromatic N) is 2. The lowest BCUT2D eigenvalue weighted by molar-refractivity contribution is -0.139. The van der Waals surface area contributed by atoms with Crippen LogP contribution in [0.3, 0.4) is 0 Å². The fourth-order valence-electron chi connectivity index (χ4n) is 6.80. The van der Waals surface area contributed by atoms with Gasteiger partial charge in [0.15, 0.2) is 0 Å². The Kier molecular flexibility index (Phi) is 11.0. The first-order valence-electron chi connectivity index (χ1n) is 16.0. The molecule has 0 saturated heterocycles. The molecule has 1 aromatic heterocycles. The lowest BCUT2D eigenvalue weighted by Crippen LogP contribution is -2.41. The number of terminal acetylenes is 1. The van der Waals surface area contributed by atoms with Gasteiger partial charge in [-0.25, -0.2) is 13.2 Å². The van der Waals surface area contributed by atoms with Crippen LogP contribution in [0, 0.1) is 49.6 Å². The Hall–Kier alpha value is -4.57. The number of aryl methyl sites for hydroxylation is 2. The van der Waals surface area contributed by atoms with Crippen molar-refractivity contribution in [2.45, 2.75) is 77.1 Å². The van der Waals surface area contributed by atoms with E-state index in [-0.39, 0.29) is 52.3 Å². The normalized spacial score (nSPS) is 15.1. The molecule has 1 aliphatic rings. The minimum absolute atomic E-state index is 0.0861. The Balaban J connectivity index is 1.89. The van der Waals surface area contributed by atoms with Gasteiger partial charge in [0.2, 0.25) is 5.91 Å². The summed E-state index contributed by atoms with van der Waals surface area (Å²) in [7, 11) is 3.42. The second kappa shape index (κ2) is 14.3. The monoisotopic (exact) mass is 703 g/mol. The minimum Gasteiger partial charge on any atom is -0.481 e. The fraction of sp³-hybridized carbons (Fsp3) is 0.432. The number of benzene rings is 2. The van der Waals surface area contributed by atoms with E-state index in [0.717, 1.165) is 29.0 Å². The maximum Gasteiger partial charge on any atom is 0.416 e. The average Bonchev–Trinajstić information content (AvgIpc) is 3.74. The summed E-state index contributed by atoms with van der Waals surface area (Å²) in [4.78, 5) is 41.2. The van der Waals surface area contributed by atoms with Crippen molar-refractivity contribution in [1.82, 2.24) is 14.8 Å². The topological polar surface area (TPSA) is 91.6 Å². The highest BCUT2D eigenvalue weighted by Gasteiger charge is 2.50. The Morgan fingerprint density at radius 3 is 2.14 bits per heavy atom. The van der Waals surface area contributed by atoms with Crippen molar-refractivity contribution in [2.24, 2.45) is 5.92 Å². The van der Waals surface area contributed by atoms with E-state index in [0.29, 0.717) is 18.9 Å². The Labute approximate surface area is 286 Å². The van der Waals surface area contributed by atoms with E-state index >= 15 is 8.78 Å². The van der Waals surface area contributed by atoms with E-state index in [9.17, 15) is 37.1 Å². The number of alkyl halides is 3. The van der Waals surface area contributed by atoms with Crippen LogP contribution in [0.15, 0.2) is 35.3 Å². The van der Waals surface area contributed by atoms with Gasteiger partial charge in [-0.2, -0.15) is 13.2 Å². The maximum atomic E-state index is 16.6. The van der Waals surface area contributed by atoms with Gasteiger partial charge < -0.3 is 19.9 Å². The largest absolute Gasteiger partial charge is 0.481 e. The molecule has 3 aromatic rings. The second-order valence-corrected chi connectivity index (χ2v) is 13.7. The number of pyridine rings is 1. The number of aromatic nitrogens is 1. The van der Waals surface area contributed by atoms with Crippen LogP contribution in [-0.2, 0) is 21.2 Å². The van der Waals surface area contributed by atoms with Gasteiger partial charge >= 0.3 is 12.1 Å². The lowest BCUT2D eigenvalue weighted by Gasteiger charge is -2.29. The summed E-state index contributed by atoms with van der Waals surface area (Å²) in [5.41, 5.74) is -4.05. The van der Waals surface area contributed by atoms with Crippen molar-refractivity contribution in [3.63, 3.8) is 0 Å². The van der Waals surface area contributed by atoms with E-state index in [1.165, 1.54) is 13.8 Å². The van der Waals surface area contributed by atoms with Crippen molar-refractivity contribution < 1.29 is 41.0 Å². The molecule has 0 unspecified atom stereocenters. The van der Waals surface area contributed by atoms with Crippen LogP contribution >= 0.6 is 0 Å². The third-order valence-corrected chi connectivity index (χ3v) is 8.96. The molecule has 2 atom stereocenters. The third kappa shape index (κ3) is 7.91. The van der Waals surface area contributed by atoms with Gasteiger partial charge in [0.05, 0.1) is 18.0 Å². The molecule has 0 aliphatic heterocycles. The summed E-state index contributed by atoms with van der Waals surface area (Å²) in [6.07, 6.45) is 1.50. The number of halogens is 6. The predicted octanol–water partition coefficient (Wildman–Crippen LogP) is 7.06. The van der Waals surface area contributed by atoms with Crippen LogP contribution in [0.25, 0.3) is 11.1 Å². The van der Waals surface area contributed by atoms with Crippen molar-refractivity contribution in [3.05, 3.63) is 91.6 Å². The van der Waals surface area contributed by atoms with E-state index in [1.54, 1.807) is 32.8 Å². The first kappa shape index (κ1) is 38.2. The Morgan fingerprint density at radius 1 is 1.06 bits per heavy atom. The van der Waals surface area contributed by atoms with Crippen molar-refractivity contribution in [1.29, 1.82) is 0 Å². The number of carbonyl (C=O) groups excluding carboxylic acids is 1. The zero-order valence-electron chi connectivity index (χ0n) is 28.6. The number of nitrogens with one attached hydrogen (secondary N) is 1. The quantitative estimate of drug-likeness (QED) is 0.156. The molecule has 1 amide bonds. The van der Waals surface area contributed by atoms with Gasteiger partial charge in [-0.3, -0.25) is 14.4 Å². The van der Waals surface area contributed by atoms with Crippen LogP contribution in [0.5, 0.6) is 0 Å². The molecule has 13 heteroatoms. The SMILES string of the molecule is C#Cc1cc(F)c([C@H](CC(=O)O)NC(=O)[C@@H](CC(C)C)n2cc(C3(CN(C)C)CC3)c(C(F)(F)F)cc2=O)c(F)c1-c1c(C)cc(F)cc1C. The van der Waals surface area contributed by atoms with Gasteiger partial charge in [-0.05, 0) is 93.6 Å². The van der Waals surface area contributed by atoms with Gasteiger partial charge in [0.25, 0.3) is 5.56 Å². The molecule has 1 heterocycles. The van der Waals surface area contributed by atoms with Crippen LogP contribution in [0.4, 0.5) is 26.3 Å². The third-order valence-electron chi connectivity index (χ3n) is 8.96. The number of carboxylic acids is 1. The first-order chi connectivity index (χ1) is 23.2. The summed E-state index contributed by atoms with van der Waals surface area (Å²) in [5, 5.41) is 12.1. The molecular formula is C37H39F6N3O4. The molecule has 1 saturated carbocycles. The fourth-order valence-corrected chi connectivity index (χ4v) is 6.80. The second-order valence-electron chi connectivity index (χ2n) is 13.7. The molecule has 2 aromatic carbocycles. The lowest BCUT2D eigenvalue weighted by atomic mass is 9.88. The number of carboxylic acid groups (broad SMARTS) is 1. The molecule has 50 heavy (non-hydrogen) atoms. The number of likely N-dealkylation sites (N-methyl/N-ethyl adjacent to an activating group) is 1. The zero-order chi connectivity index (χ0) is 37.5. The number of hydrogen-bond donors (Lipinski definition) is 2. The van der Waals surface area contributed by atoms with Gasteiger partial charge in [0.1, 0.15) is 23.5 Å². The summed E-state index contributed by atoms with van der Waals surface area (Å²) in [6.45, 7) is 6.63. The summed E-state index contributed by atoms with van der Waals surface area (Å²) in [6, 6.07) is 0.186. The summed E-state index contributed by atoms with van der Waals surface area (Å²) in [5.74, 6) is -3.84. The molecule has 4 rings (SSSR count). The van der Waals surface area contributed by atoms with E-state index in [4.69, 9.17) is 6.42 Å². The van der Waals surface area contributed by atoms with Crippen molar-refractivity contribution >= 4 is 11.9 Å².